The average molecular weight is 416 g/mol. The van der Waals surface area contributed by atoms with Gasteiger partial charge in [-0.25, -0.2) is 4.39 Å². The zero-order valence-electron chi connectivity index (χ0n) is 17.3. The van der Waals surface area contributed by atoms with Crippen LogP contribution in [0.15, 0.2) is 78.9 Å². The van der Waals surface area contributed by atoms with Crippen molar-refractivity contribution in [1.82, 2.24) is 10.2 Å². The van der Waals surface area contributed by atoms with Gasteiger partial charge in [0, 0.05) is 25.9 Å². The molecular formula is C26H25FN2O2. The topological polar surface area (TPSA) is 49.4 Å². The van der Waals surface area contributed by atoms with Crippen LogP contribution in [0.5, 0.6) is 0 Å². The van der Waals surface area contributed by atoms with E-state index in [1.807, 2.05) is 47.4 Å². The van der Waals surface area contributed by atoms with E-state index in [0.29, 0.717) is 12.1 Å². The van der Waals surface area contributed by atoms with E-state index < -0.39 is 0 Å². The molecule has 0 fully saturated rings. The molecule has 1 N–H and O–H groups in total. The number of amides is 2. The number of carbonyl (C=O) groups is 2. The highest BCUT2D eigenvalue weighted by atomic mass is 19.1. The van der Waals surface area contributed by atoms with Crippen LogP contribution in [0.1, 0.15) is 41.1 Å². The fourth-order valence-electron chi connectivity index (χ4n) is 4.13. The second kappa shape index (κ2) is 9.56. The minimum atomic E-state index is -0.334. The van der Waals surface area contributed by atoms with E-state index in [0.717, 1.165) is 17.5 Å². The molecule has 5 heteroatoms. The summed E-state index contributed by atoms with van der Waals surface area (Å²) in [7, 11) is 0. The molecule has 31 heavy (non-hydrogen) atoms. The summed E-state index contributed by atoms with van der Waals surface area (Å²) in [4.78, 5) is 27.3. The third kappa shape index (κ3) is 5.00. The van der Waals surface area contributed by atoms with Crippen LogP contribution in [0.2, 0.25) is 0 Å². The van der Waals surface area contributed by atoms with E-state index in [-0.39, 0.29) is 43.1 Å². The second-order valence-corrected chi connectivity index (χ2v) is 7.76. The van der Waals surface area contributed by atoms with Gasteiger partial charge in [-0.1, -0.05) is 66.7 Å². The fourth-order valence-corrected chi connectivity index (χ4v) is 4.13. The van der Waals surface area contributed by atoms with Crippen molar-refractivity contribution in [1.29, 1.82) is 0 Å². The van der Waals surface area contributed by atoms with Crippen molar-refractivity contribution in [2.45, 2.75) is 31.8 Å². The summed E-state index contributed by atoms with van der Waals surface area (Å²) in [5.74, 6) is -0.588. The minimum absolute atomic E-state index is 0.0377. The van der Waals surface area contributed by atoms with Gasteiger partial charge in [0.15, 0.2) is 0 Å². The first-order valence-corrected chi connectivity index (χ1v) is 10.5. The summed E-state index contributed by atoms with van der Waals surface area (Å²) in [6.45, 7) is 0.870. The summed E-state index contributed by atoms with van der Waals surface area (Å²) < 4.78 is 13.3. The number of hydrogen-bond acceptors (Lipinski definition) is 2. The molecule has 0 saturated carbocycles. The second-order valence-electron chi connectivity index (χ2n) is 7.76. The SMILES string of the molecule is O=C(CCC(=O)N1CCc2ccccc2C1c1ccccc1)NCc1cccc(F)c1. The van der Waals surface area contributed by atoms with Crippen LogP contribution in [0, 0.1) is 5.82 Å². The molecule has 1 aliphatic heterocycles. The Morgan fingerprint density at radius 3 is 2.52 bits per heavy atom. The Kier molecular flexibility index (Phi) is 6.41. The number of nitrogens with one attached hydrogen (secondary N) is 1. The maximum Gasteiger partial charge on any atom is 0.223 e. The summed E-state index contributed by atoms with van der Waals surface area (Å²) in [5, 5.41) is 2.77. The molecule has 2 amide bonds. The van der Waals surface area contributed by atoms with Gasteiger partial charge < -0.3 is 10.2 Å². The van der Waals surface area contributed by atoms with Gasteiger partial charge in [0.25, 0.3) is 0 Å². The van der Waals surface area contributed by atoms with E-state index in [1.54, 1.807) is 12.1 Å². The molecule has 3 aromatic rings. The predicted octanol–water partition coefficient (Wildman–Crippen LogP) is 4.40. The summed E-state index contributed by atoms with van der Waals surface area (Å²) in [6, 6.07) is 24.2. The molecule has 4 rings (SSSR count). The van der Waals surface area contributed by atoms with Crippen molar-refractivity contribution in [3.63, 3.8) is 0 Å². The molecule has 0 saturated heterocycles. The standard InChI is InChI=1S/C26H25FN2O2/c27-22-11-6-7-19(17-22)18-28-24(30)13-14-25(31)29-16-15-20-8-4-5-12-23(20)26(29)21-9-2-1-3-10-21/h1-12,17,26H,13-16,18H2,(H,28,30). The molecule has 3 aromatic carbocycles. The van der Waals surface area contributed by atoms with E-state index in [4.69, 9.17) is 0 Å². The third-order valence-corrected chi connectivity index (χ3v) is 5.66. The predicted molar refractivity (Wildman–Crippen MR) is 118 cm³/mol. The quantitative estimate of drug-likeness (QED) is 0.648. The number of benzene rings is 3. The number of nitrogens with zero attached hydrogens (tertiary/aromatic N) is 1. The molecule has 0 radical (unpaired) electrons. The maximum atomic E-state index is 13.3. The maximum absolute atomic E-state index is 13.3. The Morgan fingerprint density at radius 2 is 1.71 bits per heavy atom. The van der Waals surface area contributed by atoms with Crippen LogP contribution in [-0.4, -0.2) is 23.3 Å². The zero-order valence-corrected chi connectivity index (χ0v) is 17.3. The Morgan fingerprint density at radius 1 is 0.935 bits per heavy atom. The number of halogens is 1. The van der Waals surface area contributed by atoms with Crippen LogP contribution in [0.4, 0.5) is 4.39 Å². The first kappa shape index (κ1) is 20.8. The highest BCUT2D eigenvalue weighted by Crippen LogP contribution is 2.35. The van der Waals surface area contributed by atoms with E-state index in [1.165, 1.54) is 17.7 Å². The van der Waals surface area contributed by atoms with Crippen molar-refractivity contribution < 1.29 is 14.0 Å². The van der Waals surface area contributed by atoms with Gasteiger partial charge >= 0.3 is 0 Å². The van der Waals surface area contributed by atoms with Gasteiger partial charge in [0.2, 0.25) is 11.8 Å². The van der Waals surface area contributed by atoms with Gasteiger partial charge in [-0.2, -0.15) is 0 Å². The first-order valence-electron chi connectivity index (χ1n) is 10.5. The molecule has 1 atom stereocenters. The van der Waals surface area contributed by atoms with Crippen LogP contribution in [-0.2, 0) is 22.6 Å². The van der Waals surface area contributed by atoms with Gasteiger partial charge in [-0.05, 0) is 40.8 Å². The van der Waals surface area contributed by atoms with Crippen molar-refractivity contribution in [3.05, 3.63) is 107 Å². The molecule has 0 aliphatic carbocycles. The highest BCUT2D eigenvalue weighted by Gasteiger charge is 2.31. The zero-order chi connectivity index (χ0) is 21.6. The summed E-state index contributed by atoms with van der Waals surface area (Å²) >= 11 is 0. The lowest BCUT2D eigenvalue weighted by Crippen LogP contribution is -2.41. The Bertz CT molecular complexity index is 1070. The number of rotatable bonds is 6. The lowest BCUT2D eigenvalue weighted by Gasteiger charge is -2.38. The molecule has 158 valence electrons. The van der Waals surface area contributed by atoms with Gasteiger partial charge in [0.1, 0.15) is 5.82 Å². The number of hydrogen-bond donors (Lipinski definition) is 1. The minimum Gasteiger partial charge on any atom is -0.352 e. The third-order valence-electron chi connectivity index (χ3n) is 5.66. The Hall–Kier alpha value is -3.47. The van der Waals surface area contributed by atoms with Crippen molar-refractivity contribution in [3.8, 4) is 0 Å². The Labute approximate surface area is 181 Å². The number of carbonyl (C=O) groups excluding carboxylic acids is 2. The average Bonchev–Trinajstić information content (AvgIpc) is 2.81. The van der Waals surface area contributed by atoms with Crippen molar-refractivity contribution >= 4 is 11.8 Å². The van der Waals surface area contributed by atoms with Gasteiger partial charge in [0.05, 0.1) is 6.04 Å². The highest BCUT2D eigenvalue weighted by molar-refractivity contribution is 5.84. The van der Waals surface area contributed by atoms with E-state index >= 15 is 0 Å². The number of fused-ring (bicyclic) bond motifs is 1. The Balaban J connectivity index is 1.41. The van der Waals surface area contributed by atoms with Gasteiger partial charge in [-0.3, -0.25) is 9.59 Å². The first-order chi connectivity index (χ1) is 15.1. The summed E-state index contributed by atoms with van der Waals surface area (Å²) in [6.07, 6.45) is 1.05. The molecule has 0 bridgehead atoms. The molecule has 0 aromatic heterocycles. The van der Waals surface area contributed by atoms with Crippen molar-refractivity contribution in [2.75, 3.05) is 6.54 Å². The van der Waals surface area contributed by atoms with Crippen LogP contribution < -0.4 is 5.32 Å². The normalized spacial score (nSPS) is 15.3. The fraction of sp³-hybridized carbons (Fsp3) is 0.231. The smallest absolute Gasteiger partial charge is 0.223 e. The monoisotopic (exact) mass is 416 g/mol. The molecule has 0 spiro atoms. The van der Waals surface area contributed by atoms with Crippen LogP contribution in [0.3, 0.4) is 0 Å². The molecule has 1 unspecified atom stereocenters. The molecule has 4 nitrogen and oxygen atoms in total. The summed E-state index contributed by atoms with van der Waals surface area (Å²) in [5.41, 5.74) is 4.16. The lowest BCUT2D eigenvalue weighted by molar-refractivity contribution is -0.135. The van der Waals surface area contributed by atoms with E-state index in [2.05, 4.69) is 17.4 Å². The lowest BCUT2D eigenvalue weighted by atomic mass is 9.88. The van der Waals surface area contributed by atoms with Crippen molar-refractivity contribution in [2.24, 2.45) is 0 Å². The van der Waals surface area contributed by atoms with E-state index in [9.17, 15) is 14.0 Å². The largest absolute Gasteiger partial charge is 0.352 e. The van der Waals surface area contributed by atoms with Crippen LogP contribution >= 0.6 is 0 Å². The molecule has 1 aliphatic rings. The molecular weight excluding hydrogens is 391 g/mol. The van der Waals surface area contributed by atoms with Gasteiger partial charge in [-0.15, -0.1) is 0 Å². The molecule has 1 heterocycles. The van der Waals surface area contributed by atoms with Crippen LogP contribution in [0.25, 0.3) is 0 Å².